The zero-order valence-corrected chi connectivity index (χ0v) is 16.2. The standard InChI is InChI=1S/C21H29NO3.ClH/c1-2-22(13-19(24)17-4-3-5-18(23)9-17)20(25)21-10-14-6-15(11-21)8-16(7-14)12-21;/h3-5,9,14-16,19,23-24H,2,6-8,10-13H2,1H3;1H/p-1. The fourth-order valence-electron chi connectivity index (χ4n) is 6.11. The second-order valence-electron chi connectivity index (χ2n) is 8.65. The third-order valence-electron chi connectivity index (χ3n) is 6.81. The first-order valence-electron chi connectivity index (χ1n) is 9.75. The van der Waals surface area contributed by atoms with Gasteiger partial charge in [-0.3, -0.25) is 4.79 Å². The molecule has 0 saturated heterocycles. The van der Waals surface area contributed by atoms with Crippen molar-refractivity contribution in [1.29, 1.82) is 0 Å². The van der Waals surface area contributed by atoms with Crippen LogP contribution in [0.25, 0.3) is 0 Å². The van der Waals surface area contributed by atoms with E-state index in [9.17, 15) is 15.0 Å². The van der Waals surface area contributed by atoms with E-state index >= 15 is 0 Å². The summed E-state index contributed by atoms with van der Waals surface area (Å²) in [5.74, 6) is 2.63. The summed E-state index contributed by atoms with van der Waals surface area (Å²) in [4.78, 5) is 15.3. The second kappa shape index (κ2) is 7.40. The Morgan fingerprint density at radius 3 is 2.27 bits per heavy atom. The van der Waals surface area contributed by atoms with Gasteiger partial charge in [0.15, 0.2) is 0 Å². The summed E-state index contributed by atoms with van der Waals surface area (Å²) in [5.41, 5.74) is 0.500. The molecule has 144 valence electrons. The Bertz CT molecular complexity index is 627. The van der Waals surface area contributed by atoms with E-state index in [0.717, 1.165) is 37.0 Å². The molecule has 0 heterocycles. The number of aliphatic hydroxyl groups excluding tert-OH is 1. The molecule has 4 fully saturated rings. The molecule has 1 aromatic rings. The Morgan fingerprint density at radius 2 is 1.77 bits per heavy atom. The van der Waals surface area contributed by atoms with Crippen LogP contribution < -0.4 is 12.4 Å². The van der Waals surface area contributed by atoms with Crippen molar-refractivity contribution in [3.8, 4) is 5.75 Å². The second-order valence-corrected chi connectivity index (χ2v) is 8.65. The van der Waals surface area contributed by atoms with Gasteiger partial charge in [0, 0.05) is 6.54 Å². The van der Waals surface area contributed by atoms with Crippen LogP contribution in [-0.4, -0.2) is 34.1 Å². The summed E-state index contributed by atoms with van der Waals surface area (Å²) >= 11 is 0. The lowest BCUT2D eigenvalue weighted by molar-refractivity contribution is -0.158. The number of likely N-dealkylation sites (N-methyl/N-ethyl adjacent to an activating group) is 1. The van der Waals surface area contributed by atoms with Crippen molar-refractivity contribution in [2.24, 2.45) is 23.2 Å². The molecule has 4 saturated carbocycles. The third-order valence-corrected chi connectivity index (χ3v) is 6.81. The van der Waals surface area contributed by atoms with E-state index in [-0.39, 0.29) is 29.5 Å². The minimum atomic E-state index is -0.759. The van der Waals surface area contributed by atoms with Crippen LogP contribution in [0.15, 0.2) is 24.3 Å². The molecule has 0 aliphatic heterocycles. The molecule has 4 bridgehead atoms. The maximum absolute atomic E-state index is 13.4. The zero-order chi connectivity index (χ0) is 17.6. The highest BCUT2D eigenvalue weighted by Gasteiger charge is 2.55. The molecule has 1 atom stereocenters. The summed E-state index contributed by atoms with van der Waals surface area (Å²) in [5, 5.41) is 20.2. The normalized spacial score (nSPS) is 32.8. The van der Waals surface area contributed by atoms with E-state index < -0.39 is 6.10 Å². The molecule has 26 heavy (non-hydrogen) atoms. The fourth-order valence-corrected chi connectivity index (χ4v) is 6.11. The molecule has 4 aliphatic carbocycles. The number of hydrogen-bond acceptors (Lipinski definition) is 3. The highest BCUT2D eigenvalue weighted by molar-refractivity contribution is 5.83. The Morgan fingerprint density at radius 1 is 1.19 bits per heavy atom. The molecule has 0 aromatic heterocycles. The van der Waals surface area contributed by atoms with Gasteiger partial charge in [-0.1, -0.05) is 12.1 Å². The summed E-state index contributed by atoms with van der Waals surface area (Å²) in [6.45, 7) is 2.92. The highest BCUT2D eigenvalue weighted by Crippen LogP contribution is 2.60. The first-order valence-corrected chi connectivity index (χ1v) is 9.75. The molecule has 0 spiro atoms. The van der Waals surface area contributed by atoms with Crippen molar-refractivity contribution in [2.75, 3.05) is 13.1 Å². The molecule has 1 amide bonds. The van der Waals surface area contributed by atoms with Gasteiger partial charge in [0.25, 0.3) is 0 Å². The SMILES string of the molecule is CCN(CC(O)c1cccc(O)c1)C(=O)C12CC3CC(CC(C3)C1)C2.[Cl-]. The maximum atomic E-state index is 13.4. The largest absolute Gasteiger partial charge is 1.00 e. The number of phenolic OH excluding ortho intramolecular Hbond substituents is 1. The molecule has 2 N–H and O–H groups in total. The Kier molecular flexibility index (Phi) is 5.55. The number of hydrogen-bond donors (Lipinski definition) is 2. The third kappa shape index (κ3) is 3.46. The van der Waals surface area contributed by atoms with Crippen molar-refractivity contribution >= 4 is 5.91 Å². The van der Waals surface area contributed by atoms with Gasteiger partial charge in [0.1, 0.15) is 5.75 Å². The Balaban J connectivity index is 0.00000196. The van der Waals surface area contributed by atoms with Crippen LogP contribution in [0.4, 0.5) is 0 Å². The van der Waals surface area contributed by atoms with E-state index in [1.807, 2.05) is 11.8 Å². The van der Waals surface area contributed by atoms with Crippen molar-refractivity contribution < 1.29 is 27.4 Å². The van der Waals surface area contributed by atoms with Crippen LogP contribution in [0.2, 0.25) is 0 Å². The van der Waals surface area contributed by atoms with Crippen molar-refractivity contribution in [3.63, 3.8) is 0 Å². The van der Waals surface area contributed by atoms with Gasteiger partial charge >= 0.3 is 0 Å². The van der Waals surface area contributed by atoms with Crippen LogP contribution in [0, 0.1) is 23.2 Å². The number of carbonyl (C=O) groups excluding carboxylic acids is 1. The number of benzene rings is 1. The van der Waals surface area contributed by atoms with Crippen molar-refractivity contribution in [2.45, 2.75) is 51.6 Å². The monoisotopic (exact) mass is 378 g/mol. The lowest BCUT2D eigenvalue weighted by Crippen LogP contribution is -3.00. The number of nitrogens with zero attached hydrogens (tertiary/aromatic N) is 1. The quantitative estimate of drug-likeness (QED) is 0.784. The Labute approximate surface area is 162 Å². The van der Waals surface area contributed by atoms with E-state index in [1.54, 1.807) is 24.3 Å². The number of phenols is 1. The topological polar surface area (TPSA) is 60.8 Å². The molecule has 4 nitrogen and oxygen atoms in total. The molecule has 4 aliphatic rings. The number of aromatic hydroxyl groups is 1. The molecule has 1 unspecified atom stereocenters. The number of halogens is 1. The van der Waals surface area contributed by atoms with Crippen LogP contribution in [0.5, 0.6) is 5.75 Å². The molecule has 0 radical (unpaired) electrons. The lowest BCUT2D eigenvalue weighted by atomic mass is 9.49. The summed E-state index contributed by atoms with van der Waals surface area (Å²) in [6, 6.07) is 6.70. The number of carbonyl (C=O) groups is 1. The average molecular weight is 379 g/mol. The lowest BCUT2D eigenvalue weighted by Gasteiger charge is -2.56. The molecule has 5 heteroatoms. The van der Waals surface area contributed by atoms with Gasteiger partial charge in [0.2, 0.25) is 5.91 Å². The summed E-state index contributed by atoms with van der Waals surface area (Å²) in [7, 11) is 0. The first kappa shape index (κ1) is 19.5. The van der Waals surface area contributed by atoms with Crippen molar-refractivity contribution in [3.05, 3.63) is 29.8 Å². The number of rotatable bonds is 5. The Hall–Kier alpha value is -1.26. The minimum Gasteiger partial charge on any atom is -1.00 e. The zero-order valence-electron chi connectivity index (χ0n) is 15.4. The predicted molar refractivity (Wildman–Crippen MR) is 95.9 cm³/mol. The predicted octanol–water partition coefficient (Wildman–Crippen LogP) is 0.495. The van der Waals surface area contributed by atoms with Gasteiger partial charge < -0.3 is 27.5 Å². The molecular formula is C21H29ClNO3-. The smallest absolute Gasteiger partial charge is 0.228 e. The molecular weight excluding hydrogens is 350 g/mol. The number of amides is 1. The highest BCUT2D eigenvalue weighted by atomic mass is 35.5. The number of aliphatic hydroxyl groups is 1. The minimum absolute atomic E-state index is 0. The van der Waals surface area contributed by atoms with Crippen molar-refractivity contribution in [1.82, 2.24) is 4.90 Å². The summed E-state index contributed by atoms with van der Waals surface area (Å²) in [6.07, 6.45) is 6.37. The van der Waals surface area contributed by atoms with Gasteiger partial charge in [-0.2, -0.15) is 0 Å². The van der Waals surface area contributed by atoms with Gasteiger partial charge in [-0.05, 0) is 80.9 Å². The molecule has 1 aromatic carbocycles. The summed E-state index contributed by atoms with van der Waals surface area (Å²) < 4.78 is 0. The van der Waals surface area contributed by atoms with Gasteiger partial charge in [0.05, 0.1) is 18.1 Å². The van der Waals surface area contributed by atoms with Gasteiger partial charge in [-0.15, -0.1) is 0 Å². The van der Waals surface area contributed by atoms with Gasteiger partial charge in [-0.25, -0.2) is 0 Å². The van der Waals surface area contributed by atoms with E-state index in [1.165, 1.54) is 19.3 Å². The fraction of sp³-hybridized carbons (Fsp3) is 0.667. The van der Waals surface area contributed by atoms with E-state index in [0.29, 0.717) is 18.7 Å². The van der Waals surface area contributed by atoms with Crippen LogP contribution in [0.3, 0.4) is 0 Å². The first-order chi connectivity index (χ1) is 12.0. The van der Waals surface area contributed by atoms with E-state index in [4.69, 9.17) is 0 Å². The van der Waals surface area contributed by atoms with Crippen LogP contribution in [0.1, 0.15) is 57.1 Å². The molecule has 5 rings (SSSR count). The van der Waals surface area contributed by atoms with Crippen LogP contribution in [-0.2, 0) is 4.79 Å². The van der Waals surface area contributed by atoms with E-state index in [2.05, 4.69) is 0 Å². The average Bonchev–Trinajstić information content (AvgIpc) is 2.57. The van der Waals surface area contributed by atoms with Crippen LogP contribution >= 0.6 is 0 Å². The maximum Gasteiger partial charge on any atom is 0.228 e.